The Balaban J connectivity index is 1.34. The largest absolute Gasteiger partial charge is 0.393 e. The first-order valence-electron chi connectivity index (χ1n) is 12.1. The number of benzene rings is 1. The second-order valence-electron chi connectivity index (χ2n) is 9.75. The summed E-state index contributed by atoms with van der Waals surface area (Å²) >= 11 is 7.68. The topological polar surface area (TPSA) is 148 Å². The molecule has 0 amide bonds. The van der Waals surface area contributed by atoms with E-state index in [0.29, 0.717) is 34.1 Å². The van der Waals surface area contributed by atoms with E-state index in [9.17, 15) is 18.3 Å². The number of rotatable bonds is 8. The Morgan fingerprint density at radius 2 is 2.16 bits per heavy atom. The van der Waals surface area contributed by atoms with Crippen molar-refractivity contribution in [3.63, 3.8) is 0 Å². The number of hydrogen-bond acceptors (Lipinski definition) is 10. The number of fused-ring (bicyclic) bond motifs is 1. The standard InChI is InChI=1S/C25H28ClN5O5S2/c1-31-5-4-14-2-3-17(26)8-19(14)23(31)16-7-22(37-12-16)24(33)20-10-28-13-29-25(20)30-18-6-15(21(32)9-18)11-36-38(27,34)35/h2-3,7-8,10,12-13,15,18,21,23,32H,4-6,9,11H2,1H3,(H2,27,34,35)(H,28,29,30)/t15-,18-,21+,23-/m1/s1. The van der Waals surface area contributed by atoms with E-state index in [4.69, 9.17) is 16.7 Å². The molecule has 0 radical (unpaired) electrons. The molecule has 38 heavy (non-hydrogen) atoms. The number of nitrogens with zero attached hydrogens (tertiary/aromatic N) is 3. The first-order chi connectivity index (χ1) is 18.1. The number of aliphatic hydroxyl groups is 1. The van der Waals surface area contributed by atoms with Crippen molar-refractivity contribution in [3.05, 3.63) is 74.3 Å². The van der Waals surface area contributed by atoms with Gasteiger partial charge in [-0.3, -0.25) is 13.9 Å². The maximum atomic E-state index is 13.6. The first-order valence-corrected chi connectivity index (χ1v) is 14.9. The number of aliphatic hydroxyl groups excluding tert-OH is 1. The van der Waals surface area contributed by atoms with Gasteiger partial charge in [-0.25, -0.2) is 15.1 Å². The molecule has 4 atom stereocenters. The molecule has 3 heterocycles. The van der Waals surface area contributed by atoms with Gasteiger partial charge in [-0.2, -0.15) is 8.42 Å². The van der Waals surface area contributed by atoms with Gasteiger partial charge < -0.3 is 10.4 Å². The van der Waals surface area contributed by atoms with Gasteiger partial charge >= 0.3 is 10.3 Å². The van der Waals surface area contributed by atoms with Crippen LogP contribution in [0, 0.1) is 5.92 Å². The normalized spacial score (nSPS) is 23.8. The lowest BCUT2D eigenvalue weighted by molar-refractivity contribution is 0.101. The number of likely N-dealkylation sites (N-methyl/N-ethyl adjacent to an activating group) is 1. The average molecular weight is 578 g/mol. The van der Waals surface area contributed by atoms with Crippen LogP contribution in [0.25, 0.3) is 0 Å². The highest BCUT2D eigenvalue weighted by molar-refractivity contribution is 7.84. The van der Waals surface area contributed by atoms with Crippen LogP contribution in [-0.2, 0) is 20.9 Å². The van der Waals surface area contributed by atoms with Gasteiger partial charge in [0, 0.05) is 29.7 Å². The molecule has 0 bridgehead atoms. The molecule has 1 aliphatic carbocycles. The Morgan fingerprint density at radius 1 is 1.34 bits per heavy atom. The monoisotopic (exact) mass is 577 g/mol. The molecular formula is C25H28ClN5O5S2. The molecule has 1 aromatic carbocycles. The number of aromatic nitrogens is 2. The highest BCUT2D eigenvalue weighted by atomic mass is 35.5. The van der Waals surface area contributed by atoms with Crippen molar-refractivity contribution in [2.45, 2.75) is 37.5 Å². The SMILES string of the molecule is CN1CCc2ccc(Cl)cc2[C@H]1c1csc(C(=O)c2cncnc2N[C@@H]2C[C@H](COS(N)(=O)=O)[C@@H](O)C2)c1. The van der Waals surface area contributed by atoms with Gasteiger partial charge in [0.1, 0.15) is 12.1 Å². The Hall–Kier alpha value is -2.45. The molecule has 0 spiro atoms. The van der Waals surface area contributed by atoms with Crippen molar-refractivity contribution >= 4 is 44.8 Å². The van der Waals surface area contributed by atoms with Crippen LogP contribution in [0.15, 0.2) is 42.2 Å². The van der Waals surface area contributed by atoms with E-state index >= 15 is 0 Å². The van der Waals surface area contributed by atoms with Gasteiger partial charge in [0.15, 0.2) is 0 Å². The van der Waals surface area contributed by atoms with E-state index in [1.54, 1.807) is 0 Å². The zero-order chi connectivity index (χ0) is 27.0. The second kappa shape index (κ2) is 11.0. The van der Waals surface area contributed by atoms with Crippen molar-refractivity contribution in [3.8, 4) is 0 Å². The molecule has 10 nitrogen and oxygen atoms in total. The van der Waals surface area contributed by atoms with Crippen LogP contribution < -0.4 is 10.5 Å². The van der Waals surface area contributed by atoms with Crippen molar-refractivity contribution in [2.75, 3.05) is 25.5 Å². The summed E-state index contributed by atoms with van der Waals surface area (Å²) in [5.74, 6) is -0.269. The summed E-state index contributed by atoms with van der Waals surface area (Å²) in [7, 11) is -2.03. The van der Waals surface area contributed by atoms with Gasteiger partial charge in [-0.05, 0) is 66.6 Å². The third-order valence-corrected chi connectivity index (χ3v) is 8.78. The number of thiophene rings is 1. The fourth-order valence-electron chi connectivity index (χ4n) is 5.28. The summed E-state index contributed by atoms with van der Waals surface area (Å²) in [5.41, 5.74) is 3.74. The minimum atomic E-state index is -4.09. The van der Waals surface area contributed by atoms with Crippen LogP contribution in [0.2, 0.25) is 5.02 Å². The van der Waals surface area contributed by atoms with Gasteiger partial charge in [-0.15, -0.1) is 11.3 Å². The van der Waals surface area contributed by atoms with Gasteiger partial charge in [0.25, 0.3) is 0 Å². The maximum absolute atomic E-state index is 13.6. The molecule has 3 aromatic rings. The fraction of sp³-hybridized carbons (Fsp3) is 0.400. The third kappa shape index (κ3) is 5.91. The number of carbonyl (C=O) groups is 1. The molecule has 1 saturated carbocycles. The van der Waals surface area contributed by atoms with Gasteiger partial charge in [0.2, 0.25) is 5.78 Å². The summed E-state index contributed by atoms with van der Waals surface area (Å²) in [6.07, 6.45) is 3.76. The zero-order valence-corrected chi connectivity index (χ0v) is 23.0. The Bertz CT molecular complexity index is 1450. The Morgan fingerprint density at radius 3 is 2.95 bits per heavy atom. The third-order valence-electron chi connectivity index (χ3n) is 7.14. The molecular weight excluding hydrogens is 550 g/mol. The van der Waals surface area contributed by atoms with Crippen LogP contribution in [0.3, 0.4) is 0 Å². The second-order valence-corrected chi connectivity index (χ2v) is 12.3. The van der Waals surface area contributed by atoms with Crippen molar-refractivity contribution in [1.82, 2.24) is 14.9 Å². The lowest BCUT2D eigenvalue weighted by Crippen LogP contribution is -2.32. The molecule has 0 unspecified atom stereocenters. The van der Waals surface area contributed by atoms with Crippen LogP contribution in [0.5, 0.6) is 0 Å². The number of nitrogens with two attached hydrogens (primary N) is 1. The summed E-state index contributed by atoms with van der Waals surface area (Å²) in [6, 6.07) is 7.66. The van der Waals surface area contributed by atoms with E-state index in [-0.39, 0.29) is 24.5 Å². The Kier molecular flexibility index (Phi) is 7.83. The Labute approximate surface area is 230 Å². The highest BCUT2D eigenvalue weighted by Crippen LogP contribution is 2.38. The fourth-order valence-corrected chi connectivity index (χ4v) is 6.70. The average Bonchev–Trinajstić information content (AvgIpc) is 3.48. The zero-order valence-electron chi connectivity index (χ0n) is 20.6. The number of halogens is 1. The van der Waals surface area contributed by atoms with E-state index in [2.05, 4.69) is 37.5 Å². The van der Waals surface area contributed by atoms with Crippen molar-refractivity contribution in [1.29, 1.82) is 0 Å². The van der Waals surface area contributed by atoms with E-state index in [1.165, 1.54) is 29.4 Å². The molecule has 4 N–H and O–H groups in total. The first kappa shape index (κ1) is 27.1. The summed E-state index contributed by atoms with van der Waals surface area (Å²) in [4.78, 5) is 24.7. The van der Waals surface area contributed by atoms with Crippen molar-refractivity contribution < 1.29 is 22.5 Å². The van der Waals surface area contributed by atoms with Gasteiger partial charge in [0.05, 0.1) is 29.2 Å². The summed E-state index contributed by atoms with van der Waals surface area (Å²) in [5, 5.41) is 21.2. The van der Waals surface area contributed by atoms with Gasteiger partial charge in [-0.1, -0.05) is 17.7 Å². The van der Waals surface area contributed by atoms with E-state index < -0.39 is 22.3 Å². The lowest BCUT2D eigenvalue weighted by Gasteiger charge is -2.34. The molecule has 2 aromatic heterocycles. The summed E-state index contributed by atoms with van der Waals surface area (Å²) < 4.78 is 26.9. The van der Waals surface area contributed by atoms with Crippen LogP contribution in [0.4, 0.5) is 5.82 Å². The highest BCUT2D eigenvalue weighted by Gasteiger charge is 2.35. The van der Waals surface area contributed by atoms with E-state index in [0.717, 1.165) is 24.1 Å². The quantitative estimate of drug-likeness (QED) is 0.344. The molecule has 13 heteroatoms. The van der Waals surface area contributed by atoms with Crippen molar-refractivity contribution in [2.24, 2.45) is 11.1 Å². The number of nitrogens with one attached hydrogen (secondary N) is 1. The molecule has 0 saturated heterocycles. The molecule has 1 aliphatic heterocycles. The molecule has 5 rings (SSSR count). The predicted octanol–water partition coefficient (Wildman–Crippen LogP) is 2.77. The van der Waals surface area contributed by atoms with Crippen LogP contribution >= 0.6 is 22.9 Å². The molecule has 2 aliphatic rings. The molecule has 1 fully saturated rings. The van der Waals surface area contributed by atoms with Crippen LogP contribution in [-0.4, -0.2) is 66.5 Å². The minimum Gasteiger partial charge on any atom is -0.393 e. The number of hydrogen-bond donors (Lipinski definition) is 3. The van der Waals surface area contributed by atoms with Crippen LogP contribution in [0.1, 0.15) is 50.8 Å². The lowest BCUT2D eigenvalue weighted by atomic mass is 9.89. The molecule has 202 valence electrons. The van der Waals surface area contributed by atoms with E-state index in [1.807, 2.05) is 23.6 Å². The number of ketones is 1. The minimum absolute atomic E-state index is 0.00340. The smallest absolute Gasteiger partial charge is 0.333 e. The predicted molar refractivity (Wildman–Crippen MR) is 145 cm³/mol. The number of carbonyl (C=O) groups excluding carboxylic acids is 1. The summed E-state index contributed by atoms with van der Waals surface area (Å²) in [6.45, 7) is 0.686. The maximum Gasteiger partial charge on any atom is 0.333 e. The number of anilines is 1.